The molecule has 0 spiro atoms. The van der Waals surface area contributed by atoms with Gasteiger partial charge in [0, 0.05) is 18.0 Å². The van der Waals surface area contributed by atoms with E-state index in [0.717, 1.165) is 12.1 Å². The van der Waals surface area contributed by atoms with E-state index in [9.17, 15) is 13.6 Å². The van der Waals surface area contributed by atoms with Crippen LogP contribution >= 0.6 is 0 Å². The van der Waals surface area contributed by atoms with E-state index >= 15 is 0 Å². The molecule has 144 valence electrons. The smallest absolute Gasteiger partial charge is 0.257 e. The van der Waals surface area contributed by atoms with Crippen molar-refractivity contribution in [3.8, 4) is 5.75 Å². The zero-order valence-electron chi connectivity index (χ0n) is 15.4. The van der Waals surface area contributed by atoms with Crippen LogP contribution in [0.3, 0.4) is 0 Å². The lowest BCUT2D eigenvalue weighted by atomic mass is 10.2. The monoisotopic (exact) mass is 383 g/mol. The molecule has 3 rings (SSSR count). The second-order valence-corrected chi connectivity index (χ2v) is 6.30. The van der Waals surface area contributed by atoms with Gasteiger partial charge in [0.1, 0.15) is 11.6 Å². The van der Waals surface area contributed by atoms with E-state index < -0.39 is 11.6 Å². The van der Waals surface area contributed by atoms with Gasteiger partial charge in [-0.05, 0) is 50.2 Å². The summed E-state index contributed by atoms with van der Waals surface area (Å²) >= 11 is 0. The van der Waals surface area contributed by atoms with Crippen molar-refractivity contribution in [2.45, 2.75) is 20.0 Å². The van der Waals surface area contributed by atoms with Gasteiger partial charge in [-0.3, -0.25) is 4.79 Å². The van der Waals surface area contributed by atoms with E-state index in [0.29, 0.717) is 28.5 Å². The number of carbonyl (C=O) groups is 1. The minimum atomic E-state index is -0.955. The first kappa shape index (κ1) is 19.3. The zero-order chi connectivity index (χ0) is 20.1. The van der Waals surface area contributed by atoms with Crippen molar-refractivity contribution < 1.29 is 18.3 Å². The molecule has 0 aliphatic rings. The summed E-state index contributed by atoms with van der Waals surface area (Å²) in [6.45, 7) is 3.81. The SMILES string of the molecule is CC(C)Oc1ccccc1NC(=O)c1ccc(Nc2ccc(F)c(F)c2)nc1. The van der Waals surface area contributed by atoms with Crippen LogP contribution in [0, 0.1) is 11.6 Å². The number of para-hydroxylation sites is 2. The summed E-state index contributed by atoms with van der Waals surface area (Å²) in [4.78, 5) is 16.6. The molecule has 2 aromatic carbocycles. The summed E-state index contributed by atoms with van der Waals surface area (Å²) in [6.07, 6.45) is 1.37. The van der Waals surface area contributed by atoms with Gasteiger partial charge >= 0.3 is 0 Å². The topological polar surface area (TPSA) is 63.2 Å². The van der Waals surface area contributed by atoms with Crippen molar-refractivity contribution in [2.75, 3.05) is 10.6 Å². The van der Waals surface area contributed by atoms with Gasteiger partial charge in [0.25, 0.3) is 5.91 Å². The number of nitrogens with zero attached hydrogens (tertiary/aromatic N) is 1. The number of pyridine rings is 1. The van der Waals surface area contributed by atoms with Gasteiger partial charge < -0.3 is 15.4 Å². The lowest BCUT2D eigenvalue weighted by Crippen LogP contribution is -2.14. The summed E-state index contributed by atoms with van der Waals surface area (Å²) in [6, 6.07) is 13.8. The Morgan fingerprint density at radius 2 is 1.82 bits per heavy atom. The number of amides is 1. The van der Waals surface area contributed by atoms with Crippen LogP contribution < -0.4 is 15.4 Å². The number of hydrogen-bond donors (Lipinski definition) is 2. The molecule has 0 radical (unpaired) electrons. The maximum atomic E-state index is 13.3. The first-order valence-electron chi connectivity index (χ1n) is 8.67. The predicted octanol–water partition coefficient (Wildman–Crippen LogP) is 5.14. The Morgan fingerprint density at radius 3 is 2.50 bits per heavy atom. The molecule has 1 heterocycles. The van der Waals surface area contributed by atoms with E-state index in [1.807, 2.05) is 19.9 Å². The number of benzene rings is 2. The van der Waals surface area contributed by atoms with Crippen LogP contribution in [-0.2, 0) is 0 Å². The number of carbonyl (C=O) groups excluding carboxylic acids is 1. The Labute approximate surface area is 161 Å². The Bertz CT molecular complexity index is 976. The normalized spacial score (nSPS) is 10.6. The van der Waals surface area contributed by atoms with Crippen molar-refractivity contribution in [2.24, 2.45) is 0 Å². The van der Waals surface area contributed by atoms with E-state index in [1.54, 1.807) is 30.3 Å². The van der Waals surface area contributed by atoms with Crippen LogP contribution in [-0.4, -0.2) is 17.0 Å². The highest BCUT2D eigenvalue weighted by Gasteiger charge is 2.11. The third kappa shape index (κ3) is 4.82. The van der Waals surface area contributed by atoms with Gasteiger partial charge in [0.05, 0.1) is 17.4 Å². The average Bonchev–Trinajstić information content (AvgIpc) is 2.66. The Kier molecular flexibility index (Phi) is 5.84. The number of aromatic nitrogens is 1. The van der Waals surface area contributed by atoms with E-state index in [-0.39, 0.29) is 12.0 Å². The molecule has 0 aliphatic carbocycles. The highest BCUT2D eigenvalue weighted by molar-refractivity contribution is 6.04. The fourth-order valence-corrected chi connectivity index (χ4v) is 2.44. The molecule has 0 saturated carbocycles. The Hall–Kier alpha value is -3.48. The third-order valence-electron chi connectivity index (χ3n) is 3.72. The number of halogens is 2. The fourth-order valence-electron chi connectivity index (χ4n) is 2.44. The van der Waals surface area contributed by atoms with Crippen LogP contribution in [0.2, 0.25) is 0 Å². The average molecular weight is 383 g/mol. The summed E-state index contributed by atoms with van der Waals surface area (Å²) in [5, 5.41) is 5.65. The number of hydrogen-bond acceptors (Lipinski definition) is 4. The fraction of sp³-hybridized carbons (Fsp3) is 0.143. The number of anilines is 3. The highest BCUT2D eigenvalue weighted by atomic mass is 19.2. The minimum Gasteiger partial charge on any atom is -0.489 e. The lowest BCUT2D eigenvalue weighted by molar-refractivity contribution is 0.102. The summed E-state index contributed by atoms with van der Waals surface area (Å²) < 4.78 is 31.9. The molecule has 0 saturated heterocycles. The molecule has 0 atom stereocenters. The van der Waals surface area contributed by atoms with E-state index in [1.165, 1.54) is 12.3 Å². The van der Waals surface area contributed by atoms with Crippen molar-refractivity contribution in [1.82, 2.24) is 4.98 Å². The highest BCUT2D eigenvalue weighted by Crippen LogP contribution is 2.25. The third-order valence-corrected chi connectivity index (χ3v) is 3.72. The molecule has 7 heteroatoms. The Balaban J connectivity index is 1.69. The zero-order valence-corrected chi connectivity index (χ0v) is 15.4. The standard InChI is InChI=1S/C21H19F2N3O2/c1-13(2)28-19-6-4-3-5-18(19)26-21(27)14-7-10-20(24-12-14)25-15-8-9-16(22)17(23)11-15/h3-13H,1-2H3,(H,24,25)(H,26,27). The summed E-state index contributed by atoms with van der Waals surface area (Å²) in [5.74, 6) is -1.25. The second-order valence-electron chi connectivity index (χ2n) is 6.30. The van der Waals surface area contributed by atoms with Crippen LogP contribution in [0.4, 0.5) is 26.0 Å². The molecule has 0 aliphatic heterocycles. The molecule has 2 N–H and O–H groups in total. The van der Waals surface area contributed by atoms with Crippen molar-refractivity contribution in [1.29, 1.82) is 0 Å². The molecule has 5 nitrogen and oxygen atoms in total. The van der Waals surface area contributed by atoms with Crippen molar-refractivity contribution in [3.05, 3.63) is 78.0 Å². The van der Waals surface area contributed by atoms with Crippen molar-refractivity contribution in [3.63, 3.8) is 0 Å². The van der Waals surface area contributed by atoms with E-state index in [2.05, 4.69) is 15.6 Å². The maximum absolute atomic E-state index is 13.3. The molecule has 0 unspecified atom stereocenters. The number of rotatable bonds is 6. The van der Waals surface area contributed by atoms with Gasteiger partial charge in [0.15, 0.2) is 11.6 Å². The molecule has 28 heavy (non-hydrogen) atoms. The summed E-state index contributed by atoms with van der Waals surface area (Å²) in [5.41, 5.74) is 1.25. The molecular formula is C21H19F2N3O2. The molecule has 0 bridgehead atoms. The maximum Gasteiger partial charge on any atom is 0.257 e. The van der Waals surface area contributed by atoms with Crippen LogP contribution in [0.25, 0.3) is 0 Å². The largest absolute Gasteiger partial charge is 0.489 e. The minimum absolute atomic E-state index is 0.0265. The molecule has 1 amide bonds. The number of ether oxygens (including phenoxy) is 1. The first-order chi connectivity index (χ1) is 13.4. The van der Waals surface area contributed by atoms with Crippen LogP contribution in [0.15, 0.2) is 60.8 Å². The summed E-state index contributed by atoms with van der Waals surface area (Å²) in [7, 11) is 0. The van der Waals surface area contributed by atoms with E-state index in [4.69, 9.17) is 4.74 Å². The quantitative estimate of drug-likeness (QED) is 0.618. The predicted molar refractivity (Wildman–Crippen MR) is 104 cm³/mol. The van der Waals surface area contributed by atoms with Crippen LogP contribution in [0.1, 0.15) is 24.2 Å². The van der Waals surface area contributed by atoms with Gasteiger partial charge in [0.2, 0.25) is 0 Å². The van der Waals surface area contributed by atoms with Crippen molar-refractivity contribution >= 4 is 23.1 Å². The molecule has 1 aromatic heterocycles. The molecule has 3 aromatic rings. The lowest BCUT2D eigenvalue weighted by Gasteiger charge is -2.14. The van der Waals surface area contributed by atoms with Gasteiger partial charge in [-0.1, -0.05) is 12.1 Å². The molecule has 0 fully saturated rings. The number of nitrogens with one attached hydrogen (secondary N) is 2. The van der Waals surface area contributed by atoms with Gasteiger partial charge in [-0.2, -0.15) is 0 Å². The van der Waals surface area contributed by atoms with Crippen LogP contribution in [0.5, 0.6) is 5.75 Å². The van der Waals surface area contributed by atoms with Gasteiger partial charge in [-0.15, -0.1) is 0 Å². The first-order valence-corrected chi connectivity index (χ1v) is 8.67. The Morgan fingerprint density at radius 1 is 1.04 bits per heavy atom. The van der Waals surface area contributed by atoms with Gasteiger partial charge in [-0.25, -0.2) is 13.8 Å². The second kappa shape index (κ2) is 8.47. The molecular weight excluding hydrogens is 364 g/mol.